The van der Waals surface area contributed by atoms with Gasteiger partial charge in [-0.25, -0.2) is 4.98 Å². The molecule has 0 spiro atoms. The Morgan fingerprint density at radius 1 is 1.33 bits per heavy atom. The van der Waals surface area contributed by atoms with Crippen molar-refractivity contribution in [3.8, 4) is 5.75 Å². The SMILES string of the molecule is COc1ccc(NC(=O)Cn2c(SC)nc3ccsc3c2=O)cc1. The Bertz CT molecular complexity index is 932. The van der Waals surface area contributed by atoms with Crippen molar-refractivity contribution in [1.29, 1.82) is 0 Å². The number of carbonyl (C=O) groups is 1. The molecule has 24 heavy (non-hydrogen) atoms. The van der Waals surface area contributed by atoms with Crippen LogP contribution >= 0.6 is 23.1 Å². The third-order valence-corrected chi connectivity index (χ3v) is 4.96. The first-order chi connectivity index (χ1) is 11.6. The zero-order chi connectivity index (χ0) is 17.1. The normalized spacial score (nSPS) is 10.8. The lowest BCUT2D eigenvalue weighted by atomic mass is 10.3. The highest BCUT2D eigenvalue weighted by molar-refractivity contribution is 7.98. The van der Waals surface area contributed by atoms with Crippen LogP contribution in [0.4, 0.5) is 5.69 Å². The van der Waals surface area contributed by atoms with Gasteiger partial charge in [-0.1, -0.05) is 11.8 Å². The van der Waals surface area contributed by atoms with E-state index in [2.05, 4.69) is 10.3 Å². The van der Waals surface area contributed by atoms with E-state index in [1.807, 2.05) is 17.7 Å². The molecule has 0 fully saturated rings. The monoisotopic (exact) mass is 361 g/mol. The lowest BCUT2D eigenvalue weighted by molar-refractivity contribution is -0.116. The van der Waals surface area contributed by atoms with E-state index in [9.17, 15) is 9.59 Å². The fourth-order valence-electron chi connectivity index (χ4n) is 2.24. The van der Waals surface area contributed by atoms with Gasteiger partial charge in [0, 0.05) is 5.69 Å². The van der Waals surface area contributed by atoms with Gasteiger partial charge < -0.3 is 10.1 Å². The third kappa shape index (κ3) is 3.29. The molecule has 6 nitrogen and oxygen atoms in total. The summed E-state index contributed by atoms with van der Waals surface area (Å²) in [6.45, 7) is -0.0815. The summed E-state index contributed by atoms with van der Waals surface area (Å²) in [6, 6.07) is 8.82. The van der Waals surface area contributed by atoms with E-state index in [0.29, 0.717) is 26.8 Å². The van der Waals surface area contributed by atoms with E-state index in [4.69, 9.17) is 4.74 Å². The Hall–Kier alpha value is -2.32. The molecule has 124 valence electrons. The predicted octanol–water partition coefficient (Wildman–Crippen LogP) is 2.83. The minimum atomic E-state index is -0.282. The van der Waals surface area contributed by atoms with Crippen LogP contribution in [0.5, 0.6) is 5.75 Å². The molecule has 0 saturated carbocycles. The van der Waals surface area contributed by atoms with Gasteiger partial charge in [-0.2, -0.15) is 0 Å². The minimum Gasteiger partial charge on any atom is -0.497 e. The fourth-order valence-corrected chi connectivity index (χ4v) is 3.57. The minimum absolute atomic E-state index is 0.0815. The average Bonchev–Trinajstić information content (AvgIpc) is 3.06. The van der Waals surface area contributed by atoms with E-state index in [-0.39, 0.29) is 18.0 Å². The van der Waals surface area contributed by atoms with Gasteiger partial charge in [-0.3, -0.25) is 14.2 Å². The van der Waals surface area contributed by atoms with Gasteiger partial charge in [0.2, 0.25) is 5.91 Å². The van der Waals surface area contributed by atoms with Crippen LogP contribution in [0, 0.1) is 0 Å². The number of anilines is 1. The number of thioether (sulfide) groups is 1. The fraction of sp³-hybridized carbons (Fsp3) is 0.188. The molecule has 0 aliphatic carbocycles. The number of nitrogens with one attached hydrogen (secondary N) is 1. The number of carbonyl (C=O) groups excluding carboxylic acids is 1. The second-order valence-electron chi connectivity index (χ2n) is 4.90. The number of fused-ring (bicyclic) bond motifs is 1. The molecule has 0 unspecified atom stereocenters. The highest BCUT2D eigenvalue weighted by Crippen LogP contribution is 2.19. The Morgan fingerprint density at radius 2 is 2.08 bits per heavy atom. The summed E-state index contributed by atoms with van der Waals surface area (Å²) in [5, 5.41) is 5.12. The Labute approximate surface area is 146 Å². The molecule has 0 aliphatic heterocycles. The summed E-state index contributed by atoms with van der Waals surface area (Å²) in [7, 11) is 1.58. The Morgan fingerprint density at radius 3 is 2.75 bits per heavy atom. The predicted molar refractivity (Wildman–Crippen MR) is 97.3 cm³/mol. The molecule has 0 saturated heterocycles. The van der Waals surface area contributed by atoms with Crippen LogP contribution < -0.4 is 15.6 Å². The van der Waals surface area contributed by atoms with Crippen LogP contribution in [0.15, 0.2) is 45.7 Å². The number of rotatable bonds is 5. The molecule has 2 heterocycles. The van der Waals surface area contributed by atoms with E-state index >= 15 is 0 Å². The number of thiophene rings is 1. The van der Waals surface area contributed by atoms with Crippen molar-refractivity contribution in [3.63, 3.8) is 0 Å². The van der Waals surface area contributed by atoms with Crippen LogP contribution in [-0.2, 0) is 11.3 Å². The van der Waals surface area contributed by atoms with Crippen LogP contribution in [0.25, 0.3) is 10.2 Å². The molecule has 2 aromatic heterocycles. The van der Waals surface area contributed by atoms with Crippen molar-refractivity contribution >= 4 is 44.9 Å². The summed E-state index contributed by atoms with van der Waals surface area (Å²) in [4.78, 5) is 29.3. The topological polar surface area (TPSA) is 73.2 Å². The number of ether oxygens (including phenoxy) is 1. The average molecular weight is 361 g/mol. The van der Waals surface area contributed by atoms with E-state index < -0.39 is 0 Å². The number of methoxy groups -OCH3 is 1. The molecular formula is C16H15N3O3S2. The van der Waals surface area contributed by atoms with Crippen molar-refractivity contribution in [3.05, 3.63) is 46.1 Å². The van der Waals surface area contributed by atoms with Crippen molar-refractivity contribution in [2.75, 3.05) is 18.7 Å². The Kier molecular flexibility index (Phi) is 4.86. The zero-order valence-electron chi connectivity index (χ0n) is 13.1. The largest absolute Gasteiger partial charge is 0.497 e. The lowest BCUT2D eigenvalue weighted by Crippen LogP contribution is -2.29. The number of benzene rings is 1. The van der Waals surface area contributed by atoms with Gasteiger partial charge in [0.1, 0.15) is 17.0 Å². The highest BCUT2D eigenvalue weighted by Gasteiger charge is 2.14. The van der Waals surface area contributed by atoms with Crippen LogP contribution in [0.1, 0.15) is 0 Å². The number of nitrogens with zero attached hydrogens (tertiary/aromatic N) is 2. The van der Waals surface area contributed by atoms with Gasteiger partial charge in [0.25, 0.3) is 5.56 Å². The summed E-state index contributed by atoms with van der Waals surface area (Å²) in [6.07, 6.45) is 1.83. The number of aromatic nitrogens is 2. The molecule has 0 atom stereocenters. The molecule has 0 radical (unpaired) electrons. The van der Waals surface area contributed by atoms with Crippen LogP contribution in [0.3, 0.4) is 0 Å². The van der Waals surface area contributed by atoms with E-state index in [1.54, 1.807) is 31.4 Å². The molecule has 0 bridgehead atoms. The van der Waals surface area contributed by atoms with E-state index in [1.165, 1.54) is 27.7 Å². The molecule has 8 heteroatoms. The van der Waals surface area contributed by atoms with Gasteiger partial charge in [-0.05, 0) is 42.0 Å². The first-order valence-corrected chi connectivity index (χ1v) is 9.18. The summed E-state index contributed by atoms with van der Waals surface area (Å²) >= 11 is 2.67. The maximum atomic E-state index is 12.6. The second kappa shape index (κ2) is 7.06. The van der Waals surface area contributed by atoms with Crippen molar-refractivity contribution < 1.29 is 9.53 Å². The standard InChI is InChI=1S/C16H15N3O3S2/c1-22-11-5-3-10(4-6-11)17-13(20)9-19-15(21)14-12(7-8-24-14)18-16(19)23-2/h3-8H,9H2,1-2H3,(H,17,20). The van der Waals surface area contributed by atoms with Gasteiger partial charge in [0.15, 0.2) is 5.16 Å². The number of hydrogen-bond acceptors (Lipinski definition) is 6. The number of hydrogen-bond donors (Lipinski definition) is 1. The maximum Gasteiger partial charge on any atom is 0.272 e. The molecule has 1 aromatic carbocycles. The lowest BCUT2D eigenvalue weighted by Gasteiger charge is -2.11. The van der Waals surface area contributed by atoms with E-state index in [0.717, 1.165) is 0 Å². The summed E-state index contributed by atoms with van der Waals surface area (Å²) in [5.74, 6) is 0.427. The molecule has 1 amide bonds. The zero-order valence-corrected chi connectivity index (χ0v) is 14.7. The van der Waals surface area contributed by atoms with Gasteiger partial charge >= 0.3 is 0 Å². The van der Waals surface area contributed by atoms with Crippen molar-refractivity contribution in [2.24, 2.45) is 0 Å². The summed E-state index contributed by atoms with van der Waals surface area (Å²) < 4.78 is 7.05. The van der Waals surface area contributed by atoms with Crippen molar-refractivity contribution in [1.82, 2.24) is 9.55 Å². The van der Waals surface area contributed by atoms with Gasteiger partial charge in [0.05, 0.1) is 12.6 Å². The first kappa shape index (κ1) is 16.5. The first-order valence-electron chi connectivity index (χ1n) is 7.08. The summed E-state index contributed by atoms with van der Waals surface area (Å²) in [5.41, 5.74) is 1.12. The van der Waals surface area contributed by atoms with Crippen LogP contribution in [-0.4, -0.2) is 28.8 Å². The molecule has 1 N–H and O–H groups in total. The number of amides is 1. The van der Waals surface area contributed by atoms with Crippen LogP contribution in [0.2, 0.25) is 0 Å². The smallest absolute Gasteiger partial charge is 0.272 e. The molecular weight excluding hydrogens is 346 g/mol. The molecule has 3 aromatic rings. The Balaban J connectivity index is 1.84. The maximum absolute atomic E-state index is 12.6. The second-order valence-corrected chi connectivity index (χ2v) is 6.59. The third-order valence-electron chi connectivity index (χ3n) is 3.39. The van der Waals surface area contributed by atoms with Crippen molar-refractivity contribution in [2.45, 2.75) is 11.7 Å². The molecule has 3 rings (SSSR count). The van der Waals surface area contributed by atoms with Gasteiger partial charge in [-0.15, -0.1) is 11.3 Å². The molecule has 0 aliphatic rings. The highest BCUT2D eigenvalue weighted by atomic mass is 32.2. The quantitative estimate of drug-likeness (QED) is 0.559.